The van der Waals surface area contributed by atoms with Gasteiger partial charge in [-0.05, 0) is 49.4 Å². The summed E-state index contributed by atoms with van der Waals surface area (Å²) in [5.74, 6) is -1.05. The SMILES string of the molecule is CCCC1(CC)NC(C(C)(C)O)=C(C(=O)O)N1Cc1ccc(-c2ccccc2C#N)cc1. The number of hydrogen-bond donors (Lipinski definition) is 3. The molecule has 32 heavy (non-hydrogen) atoms. The van der Waals surface area contributed by atoms with Gasteiger partial charge in [0.1, 0.15) is 17.0 Å². The monoisotopic (exact) mass is 433 g/mol. The average Bonchev–Trinajstić information content (AvgIpc) is 3.09. The summed E-state index contributed by atoms with van der Waals surface area (Å²) in [5.41, 5.74) is 1.95. The van der Waals surface area contributed by atoms with Gasteiger partial charge in [0.2, 0.25) is 0 Å². The molecule has 0 saturated heterocycles. The smallest absolute Gasteiger partial charge is 0.354 e. The van der Waals surface area contributed by atoms with Gasteiger partial charge in [0, 0.05) is 6.54 Å². The van der Waals surface area contributed by atoms with E-state index in [-0.39, 0.29) is 5.70 Å². The van der Waals surface area contributed by atoms with Crippen molar-refractivity contribution in [2.24, 2.45) is 0 Å². The molecule has 168 valence electrons. The number of aliphatic carboxylic acids is 1. The Morgan fingerprint density at radius 3 is 2.34 bits per heavy atom. The van der Waals surface area contributed by atoms with E-state index >= 15 is 0 Å². The number of hydrogen-bond acceptors (Lipinski definition) is 5. The van der Waals surface area contributed by atoms with Crippen LogP contribution >= 0.6 is 0 Å². The molecule has 2 aromatic rings. The first kappa shape index (κ1) is 23.4. The third kappa shape index (κ3) is 4.35. The van der Waals surface area contributed by atoms with Gasteiger partial charge in [-0.15, -0.1) is 0 Å². The molecule has 0 saturated carbocycles. The second-order valence-corrected chi connectivity index (χ2v) is 8.79. The average molecular weight is 434 g/mol. The highest BCUT2D eigenvalue weighted by Gasteiger charge is 2.48. The quantitative estimate of drug-likeness (QED) is 0.563. The van der Waals surface area contributed by atoms with Gasteiger partial charge in [0.25, 0.3) is 0 Å². The topological polar surface area (TPSA) is 96.6 Å². The first-order valence-electron chi connectivity index (χ1n) is 11.0. The Labute approximate surface area is 189 Å². The second kappa shape index (κ2) is 9.05. The minimum absolute atomic E-state index is 0.117. The molecule has 0 amide bonds. The van der Waals surface area contributed by atoms with Gasteiger partial charge in [0.05, 0.1) is 17.3 Å². The summed E-state index contributed by atoms with van der Waals surface area (Å²) < 4.78 is 0. The number of nitriles is 1. The second-order valence-electron chi connectivity index (χ2n) is 8.79. The molecule has 6 heteroatoms. The minimum atomic E-state index is -1.30. The summed E-state index contributed by atoms with van der Waals surface area (Å²) in [6.07, 6.45) is 2.30. The third-order valence-corrected chi connectivity index (χ3v) is 6.10. The van der Waals surface area contributed by atoms with E-state index in [1.54, 1.807) is 19.9 Å². The zero-order valence-electron chi connectivity index (χ0n) is 19.1. The maximum absolute atomic E-state index is 12.3. The molecule has 1 atom stereocenters. The van der Waals surface area contributed by atoms with E-state index in [1.165, 1.54) is 0 Å². The maximum Gasteiger partial charge on any atom is 0.354 e. The Morgan fingerprint density at radius 2 is 1.81 bits per heavy atom. The van der Waals surface area contributed by atoms with Crippen molar-refractivity contribution >= 4 is 5.97 Å². The first-order chi connectivity index (χ1) is 15.2. The fraction of sp³-hybridized carbons (Fsp3) is 0.385. The molecule has 1 aliphatic heterocycles. The lowest BCUT2D eigenvalue weighted by molar-refractivity contribution is -0.135. The van der Waals surface area contributed by atoms with Crippen LogP contribution in [-0.2, 0) is 11.3 Å². The van der Waals surface area contributed by atoms with Gasteiger partial charge in [0.15, 0.2) is 0 Å². The van der Waals surface area contributed by atoms with Crippen LogP contribution < -0.4 is 5.32 Å². The van der Waals surface area contributed by atoms with E-state index in [1.807, 2.05) is 54.3 Å². The molecule has 1 aliphatic rings. The van der Waals surface area contributed by atoms with Crippen LogP contribution in [0.1, 0.15) is 58.1 Å². The number of carbonyl (C=O) groups is 1. The van der Waals surface area contributed by atoms with E-state index in [2.05, 4.69) is 18.3 Å². The molecule has 0 radical (unpaired) electrons. The van der Waals surface area contributed by atoms with Crippen molar-refractivity contribution in [3.05, 3.63) is 71.1 Å². The highest BCUT2D eigenvalue weighted by Crippen LogP contribution is 2.39. The zero-order valence-corrected chi connectivity index (χ0v) is 19.1. The van der Waals surface area contributed by atoms with Gasteiger partial charge in [-0.25, -0.2) is 4.79 Å². The summed E-state index contributed by atoms with van der Waals surface area (Å²) in [6.45, 7) is 7.71. The van der Waals surface area contributed by atoms with Gasteiger partial charge in [-0.2, -0.15) is 5.26 Å². The number of benzene rings is 2. The predicted molar refractivity (Wildman–Crippen MR) is 124 cm³/mol. The van der Waals surface area contributed by atoms with Crippen molar-refractivity contribution in [1.82, 2.24) is 10.2 Å². The number of aliphatic hydroxyl groups is 1. The van der Waals surface area contributed by atoms with Crippen molar-refractivity contribution in [1.29, 1.82) is 5.26 Å². The lowest BCUT2D eigenvalue weighted by Gasteiger charge is -2.41. The number of nitrogens with zero attached hydrogens (tertiary/aromatic N) is 2. The number of rotatable bonds is 8. The summed E-state index contributed by atoms with van der Waals surface area (Å²) in [7, 11) is 0. The highest BCUT2D eigenvalue weighted by molar-refractivity contribution is 5.88. The van der Waals surface area contributed by atoms with Crippen molar-refractivity contribution < 1.29 is 15.0 Å². The molecule has 1 unspecified atom stereocenters. The van der Waals surface area contributed by atoms with Crippen LogP contribution in [0.5, 0.6) is 0 Å². The zero-order chi connectivity index (χ0) is 23.5. The summed E-state index contributed by atoms with van der Waals surface area (Å²) >= 11 is 0. The van der Waals surface area contributed by atoms with Gasteiger partial charge >= 0.3 is 5.97 Å². The molecule has 0 aliphatic carbocycles. The van der Waals surface area contributed by atoms with Crippen molar-refractivity contribution in [2.45, 2.75) is 64.8 Å². The molecule has 3 N–H and O–H groups in total. The predicted octanol–water partition coefficient (Wildman–Crippen LogP) is 4.60. The van der Waals surface area contributed by atoms with Crippen LogP contribution in [-0.4, -0.2) is 32.3 Å². The van der Waals surface area contributed by atoms with E-state index in [0.29, 0.717) is 24.2 Å². The molecule has 2 aromatic carbocycles. The van der Waals surface area contributed by atoms with Gasteiger partial charge in [-0.1, -0.05) is 62.7 Å². The van der Waals surface area contributed by atoms with Gasteiger partial charge < -0.3 is 20.4 Å². The molecule has 0 spiro atoms. The number of carboxylic acid groups (broad SMARTS) is 1. The molecule has 0 fully saturated rings. The van der Waals surface area contributed by atoms with Crippen LogP contribution in [0, 0.1) is 11.3 Å². The Kier molecular flexibility index (Phi) is 6.61. The molecule has 1 heterocycles. The Hall–Kier alpha value is -3.30. The van der Waals surface area contributed by atoms with Crippen molar-refractivity contribution in [3.8, 4) is 17.2 Å². The van der Waals surface area contributed by atoms with E-state index < -0.39 is 17.2 Å². The maximum atomic E-state index is 12.3. The summed E-state index contributed by atoms with van der Waals surface area (Å²) in [6, 6.07) is 17.5. The van der Waals surface area contributed by atoms with Crippen LogP contribution in [0.25, 0.3) is 11.1 Å². The number of carboxylic acids is 1. The lowest BCUT2D eigenvalue weighted by Crippen LogP contribution is -2.53. The fourth-order valence-electron chi connectivity index (χ4n) is 4.48. The standard InChI is InChI=1S/C26H31N3O3/c1-5-15-26(6-2)28-23(25(3,4)32)22(24(30)31)29(26)17-18-11-13-19(14-12-18)21-10-8-7-9-20(21)16-27/h7-14,28,32H,5-6,15,17H2,1-4H3,(H,30,31). The normalized spacial score (nSPS) is 18.4. The van der Waals surface area contributed by atoms with Crippen molar-refractivity contribution in [2.75, 3.05) is 0 Å². The largest absolute Gasteiger partial charge is 0.477 e. The number of nitrogens with one attached hydrogen (secondary N) is 1. The van der Waals surface area contributed by atoms with Crippen LogP contribution in [0.2, 0.25) is 0 Å². The molecule has 6 nitrogen and oxygen atoms in total. The minimum Gasteiger partial charge on any atom is -0.477 e. The van der Waals surface area contributed by atoms with Crippen LogP contribution in [0.15, 0.2) is 59.9 Å². The van der Waals surface area contributed by atoms with E-state index in [9.17, 15) is 20.3 Å². The highest BCUT2D eigenvalue weighted by atomic mass is 16.4. The molecule has 3 rings (SSSR count). The first-order valence-corrected chi connectivity index (χ1v) is 11.0. The van der Waals surface area contributed by atoms with Crippen molar-refractivity contribution in [3.63, 3.8) is 0 Å². The van der Waals surface area contributed by atoms with E-state index in [4.69, 9.17) is 0 Å². The van der Waals surface area contributed by atoms with Crippen LogP contribution in [0.4, 0.5) is 0 Å². The Bertz CT molecular complexity index is 1060. The van der Waals surface area contributed by atoms with Crippen LogP contribution in [0.3, 0.4) is 0 Å². The fourth-order valence-corrected chi connectivity index (χ4v) is 4.48. The van der Waals surface area contributed by atoms with E-state index in [0.717, 1.165) is 29.5 Å². The lowest BCUT2D eigenvalue weighted by atomic mass is 9.97. The summed E-state index contributed by atoms with van der Waals surface area (Å²) in [4.78, 5) is 14.2. The Morgan fingerprint density at radius 1 is 1.16 bits per heavy atom. The third-order valence-electron chi connectivity index (χ3n) is 6.10. The molecular formula is C26H31N3O3. The molecular weight excluding hydrogens is 402 g/mol. The molecule has 0 aromatic heterocycles. The van der Waals surface area contributed by atoms with Gasteiger partial charge in [-0.3, -0.25) is 0 Å². The molecule has 0 bridgehead atoms. The summed E-state index contributed by atoms with van der Waals surface area (Å²) in [5, 5.41) is 33.5. The Balaban J connectivity index is 2.01.